The van der Waals surface area contributed by atoms with E-state index in [1.165, 1.54) is 0 Å². The Morgan fingerprint density at radius 2 is 2.42 bits per heavy atom. The SMILES string of the molecule is O=C(c1cc(-c2cccnc2)on1)N1CC[C@@H](O)C1. The number of pyridine rings is 1. The van der Waals surface area contributed by atoms with Crippen LogP contribution in [-0.2, 0) is 0 Å². The summed E-state index contributed by atoms with van der Waals surface area (Å²) in [5.41, 5.74) is 1.03. The third-order valence-electron chi connectivity index (χ3n) is 3.13. The second-order valence-electron chi connectivity index (χ2n) is 4.51. The zero-order chi connectivity index (χ0) is 13.2. The van der Waals surface area contributed by atoms with Gasteiger partial charge in [-0.1, -0.05) is 5.16 Å². The standard InChI is InChI=1S/C13H13N3O3/c17-10-3-5-16(8-10)13(18)11-6-12(19-15-11)9-2-1-4-14-7-9/h1-2,4,6-7,10,17H,3,5,8H2/t10-/m1/s1. The minimum absolute atomic E-state index is 0.213. The van der Waals surface area contributed by atoms with E-state index in [9.17, 15) is 9.90 Å². The van der Waals surface area contributed by atoms with Crippen molar-refractivity contribution in [2.75, 3.05) is 13.1 Å². The Bertz CT molecular complexity index is 582. The van der Waals surface area contributed by atoms with Gasteiger partial charge in [0.05, 0.1) is 6.10 Å². The fourth-order valence-corrected chi connectivity index (χ4v) is 2.11. The van der Waals surface area contributed by atoms with E-state index in [0.717, 1.165) is 5.56 Å². The molecule has 0 bridgehead atoms. The summed E-state index contributed by atoms with van der Waals surface area (Å²) in [6, 6.07) is 5.22. The summed E-state index contributed by atoms with van der Waals surface area (Å²) < 4.78 is 5.16. The molecule has 19 heavy (non-hydrogen) atoms. The normalized spacial score (nSPS) is 18.8. The largest absolute Gasteiger partial charge is 0.391 e. The van der Waals surface area contributed by atoms with Gasteiger partial charge in [0.1, 0.15) is 0 Å². The first-order chi connectivity index (χ1) is 9.24. The smallest absolute Gasteiger partial charge is 0.276 e. The molecule has 0 saturated carbocycles. The third kappa shape index (κ3) is 2.34. The van der Waals surface area contributed by atoms with Crippen molar-refractivity contribution in [2.45, 2.75) is 12.5 Å². The van der Waals surface area contributed by atoms with Gasteiger partial charge in [-0.15, -0.1) is 0 Å². The van der Waals surface area contributed by atoms with Crippen molar-refractivity contribution in [2.24, 2.45) is 0 Å². The molecule has 1 saturated heterocycles. The van der Waals surface area contributed by atoms with Crippen molar-refractivity contribution in [1.29, 1.82) is 0 Å². The summed E-state index contributed by atoms with van der Waals surface area (Å²) in [4.78, 5) is 17.7. The van der Waals surface area contributed by atoms with Gasteiger partial charge in [0.15, 0.2) is 11.5 Å². The van der Waals surface area contributed by atoms with Gasteiger partial charge >= 0.3 is 0 Å². The molecule has 1 aliphatic rings. The number of carbonyl (C=O) groups excluding carboxylic acids is 1. The molecule has 1 amide bonds. The molecule has 1 atom stereocenters. The number of amides is 1. The highest BCUT2D eigenvalue weighted by Gasteiger charge is 2.27. The maximum absolute atomic E-state index is 12.1. The molecule has 1 N–H and O–H groups in total. The molecule has 1 aliphatic heterocycles. The van der Waals surface area contributed by atoms with E-state index >= 15 is 0 Å². The molecule has 2 aromatic rings. The molecule has 3 heterocycles. The first kappa shape index (κ1) is 11.9. The number of nitrogens with zero attached hydrogens (tertiary/aromatic N) is 3. The van der Waals surface area contributed by atoms with Crippen LogP contribution < -0.4 is 0 Å². The van der Waals surface area contributed by atoms with Gasteiger partial charge in [-0.2, -0.15) is 0 Å². The van der Waals surface area contributed by atoms with Crippen molar-refractivity contribution in [1.82, 2.24) is 15.0 Å². The third-order valence-corrected chi connectivity index (χ3v) is 3.13. The molecule has 6 heteroatoms. The van der Waals surface area contributed by atoms with E-state index in [2.05, 4.69) is 10.1 Å². The molecule has 0 radical (unpaired) electrons. The first-order valence-corrected chi connectivity index (χ1v) is 6.08. The van der Waals surface area contributed by atoms with Gasteiger partial charge in [-0.25, -0.2) is 0 Å². The van der Waals surface area contributed by atoms with Crippen LogP contribution in [0.3, 0.4) is 0 Å². The fourth-order valence-electron chi connectivity index (χ4n) is 2.11. The number of hydrogen-bond acceptors (Lipinski definition) is 5. The van der Waals surface area contributed by atoms with Gasteiger partial charge in [0, 0.05) is 37.1 Å². The monoisotopic (exact) mass is 259 g/mol. The number of likely N-dealkylation sites (tertiary alicyclic amines) is 1. The lowest BCUT2D eigenvalue weighted by Gasteiger charge is -2.12. The van der Waals surface area contributed by atoms with Crippen LogP contribution in [0, 0.1) is 0 Å². The first-order valence-electron chi connectivity index (χ1n) is 6.08. The Hall–Kier alpha value is -2.21. The van der Waals surface area contributed by atoms with Crippen molar-refractivity contribution >= 4 is 5.91 Å². The summed E-state index contributed by atoms with van der Waals surface area (Å²) in [7, 11) is 0. The topological polar surface area (TPSA) is 79.5 Å². The van der Waals surface area contributed by atoms with Crippen LogP contribution in [-0.4, -0.2) is 45.2 Å². The molecule has 0 aliphatic carbocycles. The summed E-state index contributed by atoms with van der Waals surface area (Å²) in [5.74, 6) is 0.298. The molecule has 1 fully saturated rings. The Labute approximate surface area is 109 Å². The lowest BCUT2D eigenvalue weighted by atomic mass is 10.2. The molecule has 2 aromatic heterocycles. The Balaban J connectivity index is 1.80. The number of hydrogen-bond donors (Lipinski definition) is 1. The van der Waals surface area contributed by atoms with Crippen molar-refractivity contribution in [3.05, 3.63) is 36.3 Å². The van der Waals surface area contributed by atoms with Gasteiger partial charge in [-0.3, -0.25) is 9.78 Å². The molecule has 0 spiro atoms. The summed E-state index contributed by atoms with van der Waals surface area (Å²) in [6.07, 6.45) is 3.49. The lowest BCUT2D eigenvalue weighted by molar-refractivity contribution is 0.0755. The number of β-amino-alcohol motifs (C(OH)–C–C–N with tert-alkyl or cyclic N) is 1. The summed E-state index contributed by atoms with van der Waals surface area (Å²) in [6.45, 7) is 0.906. The maximum Gasteiger partial charge on any atom is 0.276 e. The average Bonchev–Trinajstić information content (AvgIpc) is 3.08. The molecule has 98 valence electrons. The highest BCUT2D eigenvalue weighted by molar-refractivity contribution is 5.93. The Kier molecular flexibility index (Phi) is 3.00. The van der Waals surface area contributed by atoms with Crippen LogP contribution in [0.25, 0.3) is 11.3 Å². The number of aliphatic hydroxyl groups is 1. The summed E-state index contributed by atoms with van der Waals surface area (Å²) in [5, 5.41) is 13.2. The summed E-state index contributed by atoms with van der Waals surface area (Å²) >= 11 is 0. The van der Waals surface area contributed by atoms with E-state index in [-0.39, 0.29) is 11.6 Å². The van der Waals surface area contributed by atoms with Crippen LogP contribution in [0.2, 0.25) is 0 Å². The Morgan fingerprint density at radius 1 is 1.53 bits per heavy atom. The van der Waals surface area contributed by atoms with Crippen LogP contribution in [0.15, 0.2) is 35.1 Å². The predicted molar refractivity (Wildman–Crippen MR) is 66.3 cm³/mol. The average molecular weight is 259 g/mol. The minimum Gasteiger partial charge on any atom is -0.391 e. The quantitative estimate of drug-likeness (QED) is 0.868. The van der Waals surface area contributed by atoms with Crippen molar-refractivity contribution in [3.8, 4) is 11.3 Å². The minimum atomic E-state index is -0.436. The highest BCUT2D eigenvalue weighted by Crippen LogP contribution is 2.20. The van der Waals surface area contributed by atoms with E-state index in [1.807, 2.05) is 6.07 Å². The molecular weight excluding hydrogens is 246 g/mol. The highest BCUT2D eigenvalue weighted by atomic mass is 16.5. The van der Waals surface area contributed by atoms with E-state index in [0.29, 0.717) is 25.3 Å². The molecule has 0 unspecified atom stereocenters. The van der Waals surface area contributed by atoms with Gasteiger partial charge in [0.25, 0.3) is 5.91 Å². The zero-order valence-corrected chi connectivity index (χ0v) is 10.2. The van der Waals surface area contributed by atoms with Crippen LogP contribution in [0.4, 0.5) is 0 Å². The lowest BCUT2D eigenvalue weighted by Crippen LogP contribution is -2.29. The molecule has 3 rings (SSSR count). The number of carbonyl (C=O) groups is 1. The maximum atomic E-state index is 12.1. The van der Waals surface area contributed by atoms with Crippen LogP contribution >= 0.6 is 0 Å². The molecule has 6 nitrogen and oxygen atoms in total. The van der Waals surface area contributed by atoms with E-state index < -0.39 is 6.10 Å². The fraction of sp³-hybridized carbons (Fsp3) is 0.308. The predicted octanol–water partition coefficient (Wildman–Crippen LogP) is 0.943. The van der Waals surface area contributed by atoms with Crippen molar-refractivity contribution in [3.63, 3.8) is 0 Å². The van der Waals surface area contributed by atoms with Gasteiger partial charge in [-0.05, 0) is 18.6 Å². The van der Waals surface area contributed by atoms with Gasteiger partial charge in [0.2, 0.25) is 0 Å². The van der Waals surface area contributed by atoms with E-state index in [4.69, 9.17) is 4.52 Å². The van der Waals surface area contributed by atoms with E-state index in [1.54, 1.807) is 29.4 Å². The second kappa shape index (κ2) is 4.81. The van der Waals surface area contributed by atoms with Crippen LogP contribution in [0.5, 0.6) is 0 Å². The Morgan fingerprint density at radius 3 is 3.11 bits per heavy atom. The van der Waals surface area contributed by atoms with Crippen LogP contribution in [0.1, 0.15) is 16.9 Å². The number of rotatable bonds is 2. The van der Waals surface area contributed by atoms with Crippen molar-refractivity contribution < 1.29 is 14.4 Å². The molecule has 0 aromatic carbocycles. The molecular formula is C13H13N3O3. The number of aliphatic hydroxyl groups excluding tert-OH is 1. The van der Waals surface area contributed by atoms with Gasteiger partial charge < -0.3 is 14.5 Å². The zero-order valence-electron chi connectivity index (χ0n) is 10.2. The number of aromatic nitrogens is 2. The second-order valence-corrected chi connectivity index (χ2v) is 4.51.